The highest BCUT2D eigenvalue weighted by atomic mass is 16.5. The van der Waals surface area contributed by atoms with E-state index >= 15 is 0 Å². The number of carbonyl (C=O) groups is 4. The largest absolute Gasteiger partial charge is 0.464 e. The molecule has 4 saturated carbocycles. The maximum atomic E-state index is 13.6. The fourth-order valence-electron chi connectivity index (χ4n) is 17.5. The molecule has 0 amide bonds. The van der Waals surface area contributed by atoms with Crippen LogP contribution in [0.4, 0.5) is 0 Å². The Bertz CT molecular complexity index is 4360. The first-order valence-corrected chi connectivity index (χ1v) is 36.7. The number of hydrogen-bond acceptors (Lipinski definition) is 16. The Morgan fingerprint density at radius 1 is 0.292 bits per heavy atom. The summed E-state index contributed by atoms with van der Waals surface area (Å²) in [7, 11) is 0. The normalized spacial score (nSPS) is 19.7. The van der Waals surface area contributed by atoms with Gasteiger partial charge >= 0.3 is 23.9 Å². The molecule has 8 aromatic carbocycles. The van der Waals surface area contributed by atoms with Gasteiger partial charge in [0, 0.05) is 47.9 Å². The van der Waals surface area contributed by atoms with Gasteiger partial charge < -0.3 is 18.9 Å². The first kappa shape index (κ1) is 69.9. The zero-order valence-electron chi connectivity index (χ0n) is 59.9. The van der Waals surface area contributed by atoms with E-state index in [4.69, 9.17) is 39.3 Å². The number of benzene rings is 8. The lowest BCUT2D eigenvalue weighted by molar-refractivity contribution is -0.148. The Morgan fingerprint density at radius 3 is 0.660 bits per heavy atom. The van der Waals surface area contributed by atoms with Crippen LogP contribution in [0, 0.1) is 0 Å². The SMILES string of the molecule is CCOC(=O)[C@H](Cc1ccccc1)n1cc(-c2ccc(C34CC5(c6ccc(-c7cn([C@@H](Cc8ccccc8)C(=O)OCC)nn7)cc6)CC(c6ccc(-c7cn([C@@H](Cc8ccccc8)C(=O)OCC)nn7)cc6)(C3)CC(c3ccc(-c6cn([C@@H](Cc7ccccc7)C(=O)OCC)nn6)cc3)(C4)C5)cc2)nn1. The minimum absolute atomic E-state index is 0.237. The fraction of sp³-hybridized carbons (Fsp3) is 0.302. The van der Waals surface area contributed by atoms with Crippen molar-refractivity contribution in [3.05, 3.63) is 288 Å². The van der Waals surface area contributed by atoms with E-state index in [1.807, 2.05) is 146 Å². The predicted octanol–water partition coefficient (Wildman–Crippen LogP) is 14.5. The Hall–Kier alpha value is -11.8. The molecular weight excluding hydrogens is 1330 g/mol. The summed E-state index contributed by atoms with van der Waals surface area (Å²) >= 11 is 0. The quantitative estimate of drug-likeness (QED) is 0.0328. The Kier molecular flexibility index (Phi) is 19.9. The van der Waals surface area contributed by atoms with Gasteiger partial charge in [-0.2, -0.15) is 0 Å². The van der Waals surface area contributed by atoms with Crippen LogP contribution in [0.1, 0.15) is 135 Å². The van der Waals surface area contributed by atoms with E-state index in [1.54, 1.807) is 46.4 Å². The summed E-state index contributed by atoms with van der Waals surface area (Å²) in [6, 6.07) is 72.2. The lowest BCUT2D eigenvalue weighted by Gasteiger charge is -2.71. The molecule has 0 aliphatic heterocycles. The minimum Gasteiger partial charge on any atom is -0.464 e. The minimum atomic E-state index is -0.719. The van der Waals surface area contributed by atoms with E-state index in [1.165, 1.54) is 22.3 Å². The highest BCUT2D eigenvalue weighted by Crippen LogP contribution is 2.75. The molecule has 16 rings (SSSR count). The van der Waals surface area contributed by atoms with Crippen molar-refractivity contribution in [1.29, 1.82) is 0 Å². The Morgan fingerprint density at radius 2 is 0.481 bits per heavy atom. The van der Waals surface area contributed by atoms with Crippen molar-refractivity contribution >= 4 is 23.9 Å². The predicted molar refractivity (Wildman–Crippen MR) is 400 cm³/mol. The number of nitrogens with zero attached hydrogens (tertiary/aromatic N) is 12. The molecule has 20 nitrogen and oxygen atoms in total. The highest BCUT2D eigenvalue weighted by Gasteiger charge is 2.69. The molecule has 20 heteroatoms. The second-order valence-corrected chi connectivity index (χ2v) is 28.7. The molecule has 4 bridgehead atoms. The third kappa shape index (κ3) is 14.2. The van der Waals surface area contributed by atoms with Gasteiger partial charge in [0.25, 0.3) is 0 Å². The fourth-order valence-corrected chi connectivity index (χ4v) is 17.5. The molecule has 536 valence electrons. The summed E-state index contributed by atoms with van der Waals surface area (Å²) in [5.41, 5.74) is 13.2. The second kappa shape index (κ2) is 30.1. The van der Waals surface area contributed by atoms with Gasteiger partial charge in [-0.05, 0) is 132 Å². The highest BCUT2D eigenvalue weighted by molar-refractivity contribution is 5.77. The van der Waals surface area contributed by atoms with Gasteiger partial charge in [0.05, 0.1) is 51.2 Å². The van der Waals surface area contributed by atoms with Crippen molar-refractivity contribution < 1.29 is 38.1 Å². The molecule has 12 aromatic rings. The number of carbonyl (C=O) groups excluding carboxylic acids is 4. The first-order chi connectivity index (χ1) is 51.8. The van der Waals surface area contributed by atoms with Crippen molar-refractivity contribution in [2.75, 3.05) is 26.4 Å². The van der Waals surface area contributed by atoms with Crippen LogP contribution in [0.3, 0.4) is 0 Å². The molecule has 106 heavy (non-hydrogen) atoms. The van der Waals surface area contributed by atoms with Gasteiger partial charge in [-0.3, -0.25) is 0 Å². The van der Waals surface area contributed by atoms with E-state index in [2.05, 4.69) is 118 Å². The van der Waals surface area contributed by atoms with Crippen molar-refractivity contribution in [2.24, 2.45) is 0 Å². The number of esters is 4. The standard InChI is InChI=1S/C86H84N12O8/c1-5-103-79(99)75(45-59-21-13-9-14-22-59)95-49-71(87-91-95)63-29-37-67(38-30-63)83-53-84(68-39-31-64(32-40-68)72-50-96(92-88-72)76(80(100)104-6-2)46-60-23-15-10-16-24-60)56-85(54-83,69-41-33-65(34-42-69)73-51-97(93-89-73)77(81(101)105-7-3)47-61-25-17-11-18-26-61)58-86(55-83,57-84)70-43-35-66(36-44-70)74-52-98(94-90-74)78(82(102)106-8-4)48-62-27-19-12-20-28-62/h9-44,49-52,75-78H,5-8,45-48,53-58H2,1-4H3/t75-,76-,77-,78-,83?,84?,85?,86?/m0/s1. The smallest absolute Gasteiger partial charge is 0.331 e. The zero-order valence-corrected chi connectivity index (χ0v) is 59.9. The Labute approximate surface area is 615 Å². The molecule has 0 unspecified atom stereocenters. The third-order valence-corrected chi connectivity index (χ3v) is 21.9. The van der Waals surface area contributed by atoms with Gasteiger partial charge in [-0.15, -0.1) is 20.4 Å². The van der Waals surface area contributed by atoms with Crippen molar-refractivity contribution in [3.8, 4) is 45.0 Å². The summed E-state index contributed by atoms with van der Waals surface area (Å²) in [5, 5.41) is 37.1. The monoisotopic (exact) mass is 1410 g/mol. The average Bonchev–Trinajstić information content (AvgIpc) is 0.670. The van der Waals surface area contributed by atoms with Gasteiger partial charge in [0.15, 0.2) is 24.2 Å². The summed E-state index contributed by atoms with van der Waals surface area (Å²) in [6.45, 7) is 8.18. The van der Waals surface area contributed by atoms with Crippen LogP contribution in [-0.4, -0.2) is 110 Å². The van der Waals surface area contributed by atoms with E-state index in [0.717, 1.165) is 83.0 Å². The molecule has 4 heterocycles. The van der Waals surface area contributed by atoms with E-state index in [0.29, 0.717) is 48.5 Å². The molecule has 4 fully saturated rings. The summed E-state index contributed by atoms with van der Waals surface area (Å²) in [5.74, 6) is -1.50. The van der Waals surface area contributed by atoms with E-state index in [9.17, 15) is 19.2 Å². The summed E-state index contributed by atoms with van der Waals surface area (Å²) < 4.78 is 28.9. The molecule has 0 radical (unpaired) electrons. The molecule has 4 aliphatic rings. The molecular formula is C86H84N12O8. The maximum absolute atomic E-state index is 13.6. The maximum Gasteiger partial charge on any atom is 0.331 e. The van der Waals surface area contributed by atoms with Crippen LogP contribution in [0.2, 0.25) is 0 Å². The number of ether oxygens (including phenoxy) is 4. The summed E-state index contributed by atoms with van der Waals surface area (Å²) in [6.07, 6.45) is 14.1. The number of hydrogen-bond donors (Lipinski definition) is 0. The van der Waals surface area contributed by atoms with Gasteiger partial charge in [-0.1, -0.05) is 239 Å². The van der Waals surface area contributed by atoms with Crippen LogP contribution in [0.15, 0.2) is 243 Å². The van der Waals surface area contributed by atoms with Gasteiger partial charge in [-0.25, -0.2) is 37.9 Å². The molecule has 0 spiro atoms. The van der Waals surface area contributed by atoms with Crippen LogP contribution in [0.25, 0.3) is 45.0 Å². The number of aromatic nitrogens is 12. The van der Waals surface area contributed by atoms with E-state index in [-0.39, 0.29) is 50.3 Å². The van der Waals surface area contributed by atoms with E-state index < -0.39 is 45.8 Å². The molecule has 0 N–H and O–H groups in total. The van der Waals surface area contributed by atoms with Crippen LogP contribution < -0.4 is 0 Å². The van der Waals surface area contributed by atoms with Crippen molar-refractivity contribution in [3.63, 3.8) is 0 Å². The number of rotatable bonds is 28. The van der Waals surface area contributed by atoms with Crippen LogP contribution >= 0.6 is 0 Å². The molecule has 4 atom stereocenters. The Balaban J connectivity index is 0.833. The topological polar surface area (TPSA) is 228 Å². The van der Waals surface area contributed by atoms with Crippen molar-refractivity contribution in [1.82, 2.24) is 60.0 Å². The lowest BCUT2D eigenvalue weighted by atomic mass is 9.32. The van der Waals surface area contributed by atoms with Crippen LogP contribution in [-0.2, 0) is 85.5 Å². The lowest BCUT2D eigenvalue weighted by Crippen LogP contribution is -2.67. The average molecular weight is 1410 g/mol. The van der Waals surface area contributed by atoms with Crippen LogP contribution in [0.5, 0.6) is 0 Å². The first-order valence-electron chi connectivity index (χ1n) is 36.7. The molecule has 0 saturated heterocycles. The van der Waals surface area contributed by atoms with Crippen molar-refractivity contribution in [2.45, 2.75) is 138 Å². The van der Waals surface area contributed by atoms with Gasteiger partial charge in [0.1, 0.15) is 22.8 Å². The zero-order chi connectivity index (χ0) is 72.8. The second-order valence-electron chi connectivity index (χ2n) is 28.7. The summed E-state index contributed by atoms with van der Waals surface area (Å²) in [4.78, 5) is 54.6. The third-order valence-electron chi connectivity index (χ3n) is 21.9. The molecule has 4 aliphatic carbocycles. The molecule has 4 aromatic heterocycles. The van der Waals surface area contributed by atoms with Gasteiger partial charge in [0.2, 0.25) is 0 Å².